The lowest BCUT2D eigenvalue weighted by molar-refractivity contribution is -0.0829. The number of aromatic nitrogens is 2. The molecule has 30 heavy (non-hydrogen) atoms. The summed E-state index contributed by atoms with van der Waals surface area (Å²) < 4.78 is 0. The highest BCUT2D eigenvalue weighted by Crippen LogP contribution is 2.32. The van der Waals surface area contributed by atoms with Crippen LogP contribution in [0, 0.1) is 6.92 Å². The van der Waals surface area contributed by atoms with Gasteiger partial charge in [0, 0.05) is 17.7 Å². The summed E-state index contributed by atoms with van der Waals surface area (Å²) in [4.78, 5) is 28.5. The van der Waals surface area contributed by atoms with E-state index in [1.165, 1.54) is 16.4 Å². The lowest BCUT2D eigenvalue weighted by Crippen LogP contribution is -2.33. The number of hydroxylamine groups is 2. The summed E-state index contributed by atoms with van der Waals surface area (Å²) in [7, 11) is 0. The maximum atomic E-state index is 13.0. The molecule has 1 aliphatic heterocycles. The third-order valence-corrected chi connectivity index (χ3v) is 6.00. The standard InChI is InChI=1S/C23H20N4O2S/c1-15-7-8-17(18-9-10-19-22(25-18)30-14-24-19)13-20(15)26-23(28)27-21(11-12-29-27)16-5-3-2-4-6-16/h2-10,13-14,21H,11-12H2,1H3,(H,26,28)/t21-/m0/s1. The molecule has 7 heteroatoms. The van der Waals surface area contributed by atoms with E-state index in [1.807, 2.05) is 67.6 Å². The van der Waals surface area contributed by atoms with Crippen LogP contribution in [0.4, 0.5) is 10.5 Å². The molecule has 0 saturated carbocycles. The van der Waals surface area contributed by atoms with Crippen LogP contribution in [0.15, 0.2) is 66.2 Å². The predicted octanol–water partition coefficient (Wildman–Crippen LogP) is 5.58. The molecule has 150 valence electrons. The third kappa shape index (κ3) is 3.53. The van der Waals surface area contributed by atoms with Gasteiger partial charge in [0.25, 0.3) is 0 Å². The Kier molecular flexibility index (Phi) is 4.90. The number of aryl methyl sites for hydroxylation is 1. The number of nitrogens with zero attached hydrogens (tertiary/aromatic N) is 3. The molecule has 1 aliphatic rings. The van der Waals surface area contributed by atoms with Gasteiger partial charge < -0.3 is 5.32 Å². The normalized spacial score (nSPS) is 16.2. The molecule has 6 nitrogen and oxygen atoms in total. The fraction of sp³-hybridized carbons (Fsp3) is 0.174. The van der Waals surface area contributed by atoms with Crippen molar-refractivity contribution in [2.75, 3.05) is 11.9 Å². The summed E-state index contributed by atoms with van der Waals surface area (Å²) >= 11 is 1.51. The second kappa shape index (κ2) is 7.85. The number of nitrogens with one attached hydrogen (secondary N) is 1. The first-order valence-electron chi connectivity index (χ1n) is 9.78. The number of rotatable bonds is 3. The number of pyridine rings is 1. The SMILES string of the molecule is Cc1ccc(-c2ccc3ncsc3n2)cc1NC(=O)N1OCC[C@H]1c1ccccc1. The number of benzene rings is 2. The number of urea groups is 1. The average Bonchev–Trinajstić information content (AvgIpc) is 3.45. The Bertz CT molecular complexity index is 1210. The van der Waals surface area contributed by atoms with E-state index in [0.29, 0.717) is 6.61 Å². The minimum absolute atomic E-state index is 0.0925. The maximum absolute atomic E-state index is 13.0. The molecule has 2 amide bonds. The van der Waals surface area contributed by atoms with Crippen molar-refractivity contribution in [2.45, 2.75) is 19.4 Å². The van der Waals surface area contributed by atoms with Gasteiger partial charge in [0.2, 0.25) is 0 Å². The van der Waals surface area contributed by atoms with E-state index in [1.54, 1.807) is 5.51 Å². The number of amides is 2. The number of anilines is 1. The Morgan fingerprint density at radius 1 is 1.17 bits per heavy atom. The van der Waals surface area contributed by atoms with Gasteiger partial charge in [-0.15, -0.1) is 11.3 Å². The van der Waals surface area contributed by atoms with Crippen LogP contribution in [-0.4, -0.2) is 27.7 Å². The molecule has 0 radical (unpaired) electrons. The van der Waals surface area contributed by atoms with Gasteiger partial charge in [-0.1, -0.05) is 42.5 Å². The van der Waals surface area contributed by atoms with Crippen molar-refractivity contribution in [3.63, 3.8) is 0 Å². The largest absolute Gasteiger partial charge is 0.346 e. The summed E-state index contributed by atoms with van der Waals surface area (Å²) in [5, 5.41) is 4.47. The van der Waals surface area contributed by atoms with Crippen LogP contribution in [0.2, 0.25) is 0 Å². The maximum Gasteiger partial charge on any atom is 0.346 e. The van der Waals surface area contributed by atoms with E-state index in [0.717, 1.165) is 44.8 Å². The molecular formula is C23H20N4O2S. The molecule has 0 aliphatic carbocycles. The first-order chi connectivity index (χ1) is 14.7. The van der Waals surface area contributed by atoms with Gasteiger partial charge in [0.05, 0.1) is 29.4 Å². The molecule has 1 atom stereocenters. The molecule has 0 spiro atoms. The average molecular weight is 417 g/mol. The molecule has 1 N–H and O–H groups in total. The summed E-state index contributed by atoms with van der Waals surface area (Å²) in [6.07, 6.45) is 0.773. The molecule has 2 aromatic heterocycles. The van der Waals surface area contributed by atoms with E-state index in [4.69, 9.17) is 9.82 Å². The number of carbonyl (C=O) groups is 1. The lowest BCUT2D eigenvalue weighted by atomic mass is 10.0. The number of carbonyl (C=O) groups excluding carboxylic acids is 1. The van der Waals surface area contributed by atoms with Gasteiger partial charge in [-0.3, -0.25) is 4.84 Å². The fourth-order valence-corrected chi connectivity index (χ4v) is 4.30. The zero-order chi connectivity index (χ0) is 20.5. The summed E-state index contributed by atoms with van der Waals surface area (Å²) in [6, 6.07) is 19.5. The van der Waals surface area contributed by atoms with Gasteiger partial charge in [-0.2, -0.15) is 5.06 Å². The van der Waals surface area contributed by atoms with Crippen LogP contribution in [0.1, 0.15) is 23.6 Å². The molecule has 0 unspecified atom stereocenters. The van der Waals surface area contributed by atoms with Gasteiger partial charge in [-0.25, -0.2) is 14.8 Å². The first kappa shape index (κ1) is 18.7. The van der Waals surface area contributed by atoms with Crippen molar-refractivity contribution in [1.82, 2.24) is 15.0 Å². The Balaban J connectivity index is 1.40. The zero-order valence-electron chi connectivity index (χ0n) is 16.4. The van der Waals surface area contributed by atoms with E-state index >= 15 is 0 Å². The van der Waals surface area contributed by atoms with Crippen molar-refractivity contribution < 1.29 is 9.63 Å². The molecule has 3 heterocycles. The lowest BCUT2D eigenvalue weighted by Gasteiger charge is -2.23. The van der Waals surface area contributed by atoms with E-state index < -0.39 is 0 Å². The van der Waals surface area contributed by atoms with E-state index in [2.05, 4.69) is 10.3 Å². The highest BCUT2D eigenvalue weighted by atomic mass is 32.1. The molecule has 0 bridgehead atoms. The molecule has 1 fully saturated rings. The fourth-order valence-electron chi connectivity index (χ4n) is 3.65. The molecular weight excluding hydrogens is 396 g/mol. The molecule has 1 saturated heterocycles. The molecule has 5 rings (SSSR count). The Labute approximate surface area is 178 Å². The van der Waals surface area contributed by atoms with Crippen molar-refractivity contribution in [1.29, 1.82) is 0 Å². The smallest absolute Gasteiger partial charge is 0.306 e. The summed E-state index contributed by atoms with van der Waals surface area (Å²) in [6.45, 7) is 2.49. The zero-order valence-corrected chi connectivity index (χ0v) is 17.2. The van der Waals surface area contributed by atoms with Crippen molar-refractivity contribution in [3.05, 3.63) is 77.3 Å². The number of fused-ring (bicyclic) bond motifs is 1. The van der Waals surface area contributed by atoms with E-state index in [9.17, 15) is 4.79 Å². The Morgan fingerprint density at radius 2 is 2.03 bits per heavy atom. The summed E-state index contributed by atoms with van der Waals surface area (Å²) in [5.74, 6) is 0. The molecule has 4 aromatic rings. The van der Waals surface area contributed by atoms with Crippen LogP contribution < -0.4 is 5.32 Å². The second-order valence-corrected chi connectivity index (χ2v) is 8.04. The Hall–Kier alpha value is -3.29. The highest BCUT2D eigenvalue weighted by Gasteiger charge is 2.32. The van der Waals surface area contributed by atoms with Crippen molar-refractivity contribution >= 4 is 33.4 Å². The van der Waals surface area contributed by atoms with Gasteiger partial charge in [-0.05, 0) is 36.2 Å². The second-order valence-electron chi connectivity index (χ2n) is 7.21. The van der Waals surface area contributed by atoms with Crippen LogP contribution in [-0.2, 0) is 4.84 Å². The van der Waals surface area contributed by atoms with Gasteiger partial charge in [0.15, 0.2) is 0 Å². The van der Waals surface area contributed by atoms with Gasteiger partial charge in [0.1, 0.15) is 4.83 Å². The minimum atomic E-state index is -0.271. The predicted molar refractivity (Wildman–Crippen MR) is 118 cm³/mol. The number of hydrogen-bond acceptors (Lipinski definition) is 5. The van der Waals surface area contributed by atoms with Gasteiger partial charge >= 0.3 is 6.03 Å². The van der Waals surface area contributed by atoms with Crippen LogP contribution in [0.5, 0.6) is 0 Å². The van der Waals surface area contributed by atoms with Crippen molar-refractivity contribution in [3.8, 4) is 11.3 Å². The first-order valence-corrected chi connectivity index (χ1v) is 10.7. The van der Waals surface area contributed by atoms with Crippen LogP contribution in [0.25, 0.3) is 21.6 Å². The Morgan fingerprint density at radius 3 is 2.90 bits per heavy atom. The van der Waals surface area contributed by atoms with E-state index in [-0.39, 0.29) is 12.1 Å². The number of hydrogen-bond donors (Lipinski definition) is 1. The van der Waals surface area contributed by atoms with Crippen molar-refractivity contribution in [2.24, 2.45) is 0 Å². The van der Waals surface area contributed by atoms with Crippen LogP contribution in [0.3, 0.4) is 0 Å². The monoisotopic (exact) mass is 416 g/mol. The third-order valence-electron chi connectivity index (χ3n) is 5.26. The topological polar surface area (TPSA) is 67.4 Å². The minimum Gasteiger partial charge on any atom is -0.306 e. The number of thiazole rings is 1. The molecule has 2 aromatic carbocycles. The van der Waals surface area contributed by atoms with Crippen LogP contribution >= 0.6 is 11.3 Å². The highest BCUT2D eigenvalue weighted by molar-refractivity contribution is 7.16. The summed E-state index contributed by atoms with van der Waals surface area (Å²) in [5.41, 5.74) is 7.25. The quantitative estimate of drug-likeness (QED) is 0.474.